The fourth-order valence-corrected chi connectivity index (χ4v) is 2.21. The minimum Gasteiger partial charge on any atom is -0.439 e. The third-order valence-electron chi connectivity index (χ3n) is 3.52. The molecule has 20 heavy (non-hydrogen) atoms. The molecule has 0 unspecified atom stereocenters. The van der Waals surface area contributed by atoms with E-state index in [9.17, 15) is 5.26 Å². The van der Waals surface area contributed by atoms with Crippen LogP contribution in [0.3, 0.4) is 0 Å². The molecular formula is C16H15N3O. The molecule has 0 radical (unpaired) electrons. The largest absolute Gasteiger partial charge is 0.439 e. The van der Waals surface area contributed by atoms with Crippen molar-refractivity contribution in [3.8, 4) is 17.7 Å². The summed E-state index contributed by atoms with van der Waals surface area (Å²) in [5.74, 6) is 1.30. The van der Waals surface area contributed by atoms with Gasteiger partial charge in [-0.15, -0.1) is 0 Å². The Morgan fingerprint density at radius 2 is 1.95 bits per heavy atom. The van der Waals surface area contributed by atoms with E-state index in [0.717, 1.165) is 30.7 Å². The molecule has 1 aliphatic carbocycles. The number of ether oxygens (including phenoxy) is 1. The van der Waals surface area contributed by atoms with E-state index < -0.39 is 0 Å². The molecule has 1 aliphatic rings. The van der Waals surface area contributed by atoms with E-state index in [-0.39, 0.29) is 5.54 Å². The quantitative estimate of drug-likeness (QED) is 0.915. The normalized spacial score (nSPS) is 15.8. The van der Waals surface area contributed by atoms with Crippen LogP contribution in [-0.4, -0.2) is 10.5 Å². The van der Waals surface area contributed by atoms with Crippen molar-refractivity contribution >= 4 is 5.69 Å². The summed E-state index contributed by atoms with van der Waals surface area (Å²) in [6.07, 6.45) is 4.63. The number of hydrogen-bond donors (Lipinski definition) is 1. The van der Waals surface area contributed by atoms with Gasteiger partial charge in [0.1, 0.15) is 11.3 Å². The van der Waals surface area contributed by atoms with Crippen LogP contribution in [0.25, 0.3) is 0 Å². The molecule has 1 saturated carbocycles. The summed E-state index contributed by atoms with van der Waals surface area (Å²) >= 11 is 0. The molecule has 1 fully saturated rings. The van der Waals surface area contributed by atoms with Gasteiger partial charge < -0.3 is 10.1 Å². The van der Waals surface area contributed by atoms with Gasteiger partial charge in [-0.2, -0.15) is 5.26 Å². The van der Waals surface area contributed by atoms with Crippen LogP contribution in [-0.2, 0) is 0 Å². The molecule has 100 valence electrons. The van der Waals surface area contributed by atoms with Gasteiger partial charge in [0.2, 0.25) is 5.88 Å². The van der Waals surface area contributed by atoms with E-state index in [0.29, 0.717) is 5.88 Å². The van der Waals surface area contributed by atoms with Crippen molar-refractivity contribution in [2.24, 2.45) is 0 Å². The minimum absolute atomic E-state index is 0.372. The van der Waals surface area contributed by atoms with Crippen LogP contribution < -0.4 is 10.1 Å². The monoisotopic (exact) mass is 265 g/mol. The summed E-state index contributed by atoms with van der Waals surface area (Å²) < 4.78 is 5.63. The van der Waals surface area contributed by atoms with Gasteiger partial charge >= 0.3 is 0 Å². The highest BCUT2D eigenvalue weighted by Gasteiger charge is 2.36. The molecule has 3 rings (SSSR count). The van der Waals surface area contributed by atoms with E-state index in [4.69, 9.17) is 4.74 Å². The summed E-state index contributed by atoms with van der Waals surface area (Å²) in [4.78, 5) is 4.11. The van der Waals surface area contributed by atoms with Crippen molar-refractivity contribution in [3.63, 3.8) is 0 Å². The van der Waals surface area contributed by atoms with E-state index in [1.807, 2.05) is 42.5 Å². The lowest BCUT2D eigenvalue weighted by molar-refractivity contribution is 0.356. The number of benzene rings is 1. The highest BCUT2D eigenvalue weighted by atomic mass is 16.5. The molecule has 2 aromatic rings. The first kappa shape index (κ1) is 12.5. The van der Waals surface area contributed by atoms with E-state index in [1.54, 1.807) is 6.20 Å². The Morgan fingerprint density at radius 1 is 1.15 bits per heavy atom. The Morgan fingerprint density at radius 3 is 2.50 bits per heavy atom. The van der Waals surface area contributed by atoms with E-state index in [2.05, 4.69) is 16.4 Å². The SMILES string of the molecule is N#CC1(Nc2ccc(Oc3ccccn3)cc2)CCC1. The van der Waals surface area contributed by atoms with Gasteiger partial charge in [0, 0.05) is 18.0 Å². The third-order valence-corrected chi connectivity index (χ3v) is 3.52. The summed E-state index contributed by atoms with van der Waals surface area (Å²) in [5.41, 5.74) is 0.572. The van der Waals surface area contributed by atoms with Crippen LogP contribution in [0.4, 0.5) is 5.69 Å². The van der Waals surface area contributed by atoms with Crippen LogP contribution in [0.2, 0.25) is 0 Å². The van der Waals surface area contributed by atoms with Crippen molar-refractivity contribution in [2.45, 2.75) is 24.8 Å². The van der Waals surface area contributed by atoms with Crippen molar-refractivity contribution in [3.05, 3.63) is 48.7 Å². The third kappa shape index (κ3) is 2.57. The number of nitrogens with one attached hydrogen (secondary N) is 1. The zero-order chi connectivity index (χ0) is 13.8. The molecular weight excluding hydrogens is 250 g/mol. The Labute approximate surface area is 118 Å². The predicted octanol–water partition coefficient (Wildman–Crippen LogP) is 3.73. The summed E-state index contributed by atoms with van der Waals surface area (Å²) in [6, 6.07) is 15.5. The average Bonchev–Trinajstić information content (AvgIpc) is 2.46. The molecule has 1 aromatic carbocycles. The first-order valence-corrected chi connectivity index (χ1v) is 6.68. The van der Waals surface area contributed by atoms with Gasteiger partial charge in [-0.05, 0) is 49.6 Å². The predicted molar refractivity (Wildman–Crippen MR) is 76.6 cm³/mol. The Hall–Kier alpha value is -2.54. The van der Waals surface area contributed by atoms with Crippen molar-refractivity contribution in [2.75, 3.05) is 5.32 Å². The molecule has 0 saturated heterocycles. The lowest BCUT2D eigenvalue weighted by Gasteiger charge is -2.36. The zero-order valence-electron chi connectivity index (χ0n) is 11.0. The van der Waals surface area contributed by atoms with Crippen LogP contribution in [0.1, 0.15) is 19.3 Å². The Balaban J connectivity index is 1.67. The number of aromatic nitrogens is 1. The molecule has 1 aromatic heterocycles. The van der Waals surface area contributed by atoms with Crippen LogP contribution >= 0.6 is 0 Å². The molecule has 0 amide bonds. The van der Waals surface area contributed by atoms with Gasteiger partial charge in [0.15, 0.2) is 0 Å². The van der Waals surface area contributed by atoms with Gasteiger partial charge in [-0.1, -0.05) is 6.07 Å². The lowest BCUT2D eigenvalue weighted by atomic mass is 9.78. The smallest absolute Gasteiger partial charge is 0.219 e. The second kappa shape index (κ2) is 5.22. The first-order valence-electron chi connectivity index (χ1n) is 6.68. The molecule has 1 N–H and O–H groups in total. The molecule has 1 heterocycles. The van der Waals surface area contributed by atoms with E-state index >= 15 is 0 Å². The van der Waals surface area contributed by atoms with E-state index in [1.165, 1.54) is 0 Å². The maximum Gasteiger partial charge on any atom is 0.219 e. The number of nitrogens with zero attached hydrogens (tertiary/aromatic N) is 2. The van der Waals surface area contributed by atoms with Crippen LogP contribution in [0.15, 0.2) is 48.7 Å². The van der Waals surface area contributed by atoms with Gasteiger partial charge in [-0.3, -0.25) is 0 Å². The number of hydrogen-bond acceptors (Lipinski definition) is 4. The first-order chi connectivity index (χ1) is 9.80. The highest BCUT2D eigenvalue weighted by Crippen LogP contribution is 2.35. The van der Waals surface area contributed by atoms with Gasteiger partial charge in [0.05, 0.1) is 6.07 Å². The Kier molecular flexibility index (Phi) is 3.26. The molecule has 0 aliphatic heterocycles. The van der Waals surface area contributed by atoms with Crippen molar-refractivity contribution < 1.29 is 4.74 Å². The number of nitriles is 1. The number of anilines is 1. The van der Waals surface area contributed by atoms with Crippen molar-refractivity contribution in [1.29, 1.82) is 5.26 Å². The fraction of sp³-hybridized carbons (Fsp3) is 0.250. The standard InChI is InChI=1S/C16H15N3O/c17-12-16(9-3-10-16)19-13-5-7-14(8-6-13)20-15-4-1-2-11-18-15/h1-2,4-8,11,19H,3,9-10H2. The molecule has 4 heteroatoms. The number of pyridine rings is 1. The molecule has 0 atom stereocenters. The number of rotatable bonds is 4. The summed E-state index contributed by atoms with van der Waals surface area (Å²) in [7, 11) is 0. The Bertz CT molecular complexity index is 612. The molecule has 4 nitrogen and oxygen atoms in total. The van der Waals surface area contributed by atoms with Gasteiger partial charge in [-0.25, -0.2) is 4.98 Å². The minimum atomic E-state index is -0.372. The average molecular weight is 265 g/mol. The molecule has 0 spiro atoms. The maximum atomic E-state index is 9.20. The highest BCUT2D eigenvalue weighted by molar-refractivity contribution is 5.51. The van der Waals surface area contributed by atoms with Crippen LogP contribution in [0, 0.1) is 11.3 Å². The van der Waals surface area contributed by atoms with Crippen LogP contribution in [0.5, 0.6) is 11.6 Å². The van der Waals surface area contributed by atoms with Gasteiger partial charge in [0.25, 0.3) is 0 Å². The summed E-state index contributed by atoms with van der Waals surface area (Å²) in [6.45, 7) is 0. The lowest BCUT2D eigenvalue weighted by Crippen LogP contribution is -2.43. The molecule has 0 bridgehead atoms. The second-order valence-electron chi connectivity index (χ2n) is 4.97. The second-order valence-corrected chi connectivity index (χ2v) is 4.97. The topological polar surface area (TPSA) is 57.9 Å². The zero-order valence-corrected chi connectivity index (χ0v) is 11.0. The van der Waals surface area contributed by atoms with Crippen molar-refractivity contribution in [1.82, 2.24) is 4.98 Å². The fourth-order valence-electron chi connectivity index (χ4n) is 2.21. The maximum absolute atomic E-state index is 9.20. The summed E-state index contributed by atoms with van der Waals surface area (Å²) in [5, 5.41) is 12.5.